The van der Waals surface area contributed by atoms with E-state index < -0.39 is 5.41 Å². The highest BCUT2D eigenvalue weighted by atomic mass is 16.3. The lowest BCUT2D eigenvalue weighted by atomic mass is 9.67. The maximum absolute atomic E-state index is 6.19. The highest BCUT2D eigenvalue weighted by Gasteiger charge is 2.47. The van der Waals surface area contributed by atoms with Crippen LogP contribution in [-0.4, -0.2) is 0 Å². The van der Waals surface area contributed by atoms with Crippen LogP contribution in [0.2, 0.25) is 0 Å². The van der Waals surface area contributed by atoms with Gasteiger partial charge < -0.3 is 9.32 Å². The van der Waals surface area contributed by atoms with Gasteiger partial charge in [0.15, 0.2) is 0 Å². The van der Waals surface area contributed by atoms with Crippen molar-refractivity contribution < 1.29 is 4.42 Å². The van der Waals surface area contributed by atoms with Gasteiger partial charge in [0.05, 0.1) is 5.41 Å². The van der Waals surface area contributed by atoms with E-state index >= 15 is 0 Å². The molecule has 9 aromatic carbocycles. The summed E-state index contributed by atoms with van der Waals surface area (Å²) in [6.45, 7) is 4.82. The Kier molecular flexibility index (Phi) is 8.64. The Morgan fingerprint density at radius 3 is 1.91 bits per heavy atom. The Morgan fingerprint density at radius 1 is 0.439 bits per heavy atom. The molecular formula is C64H47NO. The SMILES string of the molecule is CC1(C)C2=C(C=CCC2)c2ccc(N(c3ccc(-c4ccc5oc6ccccc6c5c4)cc3)c3cccc(-c4cccc5c4-c4ccccc4C5(c4ccccc4)c4ccccc4)c3)cc21. The molecule has 0 saturated heterocycles. The van der Waals surface area contributed by atoms with Crippen molar-refractivity contribution in [1.82, 2.24) is 0 Å². The van der Waals surface area contributed by atoms with Crippen molar-refractivity contribution in [2.45, 2.75) is 37.5 Å². The third-order valence-electron chi connectivity index (χ3n) is 14.9. The monoisotopic (exact) mass is 845 g/mol. The molecule has 1 aromatic heterocycles. The first-order chi connectivity index (χ1) is 32.5. The largest absolute Gasteiger partial charge is 0.456 e. The van der Waals surface area contributed by atoms with Gasteiger partial charge in [-0.2, -0.15) is 0 Å². The van der Waals surface area contributed by atoms with E-state index in [2.05, 4.69) is 231 Å². The quantitative estimate of drug-likeness (QED) is 0.159. The van der Waals surface area contributed by atoms with Gasteiger partial charge in [0.1, 0.15) is 11.2 Å². The van der Waals surface area contributed by atoms with Crippen molar-refractivity contribution >= 4 is 44.6 Å². The molecule has 0 aliphatic heterocycles. The molecule has 2 heteroatoms. The van der Waals surface area contributed by atoms with E-state index in [1.165, 1.54) is 66.8 Å². The molecule has 1 heterocycles. The van der Waals surface area contributed by atoms with E-state index in [1.807, 2.05) is 12.1 Å². The maximum Gasteiger partial charge on any atom is 0.135 e. The molecule has 0 spiro atoms. The topological polar surface area (TPSA) is 16.4 Å². The third-order valence-corrected chi connectivity index (χ3v) is 14.9. The average Bonchev–Trinajstić information content (AvgIpc) is 3.98. The summed E-state index contributed by atoms with van der Waals surface area (Å²) in [5.74, 6) is 0. The molecule has 314 valence electrons. The smallest absolute Gasteiger partial charge is 0.135 e. The van der Waals surface area contributed by atoms with Gasteiger partial charge in [-0.25, -0.2) is 0 Å². The number of furan rings is 1. The predicted molar refractivity (Wildman–Crippen MR) is 275 cm³/mol. The van der Waals surface area contributed by atoms with Gasteiger partial charge in [0.2, 0.25) is 0 Å². The molecular weight excluding hydrogens is 799 g/mol. The van der Waals surface area contributed by atoms with Crippen LogP contribution in [0.5, 0.6) is 0 Å². The molecule has 0 N–H and O–H groups in total. The Balaban J connectivity index is 0.974. The van der Waals surface area contributed by atoms with E-state index in [4.69, 9.17) is 4.42 Å². The number of fused-ring (bicyclic) bond motifs is 8. The lowest BCUT2D eigenvalue weighted by molar-refractivity contribution is 0.607. The zero-order valence-electron chi connectivity index (χ0n) is 37.1. The van der Waals surface area contributed by atoms with Gasteiger partial charge in [0.25, 0.3) is 0 Å². The van der Waals surface area contributed by atoms with E-state index in [0.29, 0.717) is 0 Å². The first-order valence-corrected chi connectivity index (χ1v) is 23.3. The van der Waals surface area contributed by atoms with Gasteiger partial charge in [-0.15, -0.1) is 0 Å². The van der Waals surface area contributed by atoms with E-state index in [-0.39, 0.29) is 5.41 Å². The standard InChI is InChI=1S/C64H47NO/c1-63(2)56-27-12-9-23-51(56)52-37-36-49(41-59(52)63)65(47-34-31-42(32-35-47)43-33-38-61-55(40-43)53-24-11-14-30-60(53)66-61)48-22-15-17-44(39-48)50-26-16-29-58-62(50)54-25-10-13-28-57(54)64(58,45-18-5-3-6-19-45)46-20-7-4-8-21-46/h3-11,13-26,28-41H,12,27H2,1-2H3. The summed E-state index contributed by atoms with van der Waals surface area (Å²) in [6, 6.07) is 78.5. The summed E-state index contributed by atoms with van der Waals surface area (Å²) in [6.07, 6.45) is 6.91. The van der Waals surface area contributed by atoms with E-state index in [0.717, 1.165) is 57.4 Å². The molecule has 0 unspecified atom stereocenters. The predicted octanol–water partition coefficient (Wildman–Crippen LogP) is 17.1. The van der Waals surface area contributed by atoms with E-state index in [1.54, 1.807) is 5.57 Å². The lowest BCUT2D eigenvalue weighted by Crippen LogP contribution is -2.28. The number of hydrogen-bond acceptors (Lipinski definition) is 2. The highest BCUT2D eigenvalue weighted by Crippen LogP contribution is 2.59. The summed E-state index contributed by atoms with van der Waals surface area (Å²) >= 11 is 0. The van der Waals surface area contributed by atoms with Crippen molar-refractivity contribution in [3.63, 3.8) is 0 Å². The fourth-order valence-electron chi connectivity index (χ4n) is 11.9. The first kappa shape index (κ1) is 38.5. The van der Waals surface area contributed by atoms with Crippen LogP contribution in [0.4, 0.5) is 17.1 Å². The van der Waals surface area contributed by atoms with Crippen LogP contribution in [0.15, 0.2) is 234 Å². The second-order valence-electron chi connectivity index (χ2n) is 18.7. The zero-order chi connectivity index (χ0) is 44.0. The van der Waals surface area contributed by atoms with Crippen LogP contribution < -0.4 is 4.90 Å². The summed E-state index contributed by atoms with van der Waals surface area (Å²) in [7, 11) is 0. The van der Waals surface area contributed by atoms with Crippen LogP contribution in [0, 0.1) is 0 Å². The summed E-state index contributed by atoms with van der Waals surface area (Å²) in [5, 5.41) is 2.28. The van der Waals surface area contributed by atoms with Crippen molar-refractivity contribution in [3.05, 3.63) is 263 Å². The summed E-state index contributed by atoms with van der Waals surface area (Å²) in [4.78, 5) is 2.46. The van der Waals surface area contributed by atoms with Gasteiger partial charge in [-0.3, -0.25) is 0 Å². The van der Waals surface area contributed by atoms with E-state index in [9.17, 15) is 0 Å². The highest BCUT2D eigenvalue weighted by molar-refractivity contribution is 6.06. The Morgan fingerprint density at radius 2 is 1.09 bits per heavy atom. The molecule has 0 radical (unpaired) electrons. The molecule has 0 saturated carbocycles. The molecule has 10 aromatic rings. The van der Waals surface area contributed by atoms with Gasteiger partial charge >= 0.3 is 0 Å². The van der Waals surface area contributed by atoms with Crippen molar-refractivity contribution in [2.75, 3.05) is 4.90 Å². The summed E-state index contributed by atoms with van der Waals surface area (Å²) in [5.41, 5.74) is 22.9. The molecule has 3 aliphatic rings. The number of nitrogens with zero attached hydrogens (tertiary/aromatic N) is 1. The third kappa shape index (κ3) is 5.67. The lowest BCUT2D eigenvalue weighted by Gasteiger charge is -2.34. The molecule has 0 amide bonds. The Labute approximate surface area is 386 Å². The minimum atomic E-state index is -0.468. The fraction of sp³-hybridized carbons (Fsp3) is 0.0938. The number of benzene rings is 9. The van der Waals surface area contributed by atoms with Crippen molar-refractivity contribution in [2.24, 2.45) is 0 Å². The minimum Gasteiger partial charge on any atom is -0.456 e. The molecule has 0 fully saturated rings. The number of hydrogen-bond donors (Lipinski definition) is 0. The Bertz CT molecular complexity index is 3570. The van der Waals surface area contributed by atoms with Crippen LogP contribution in [0.25, 0.3) is 60.9 Å². The number of para-hydroxylation sites is 1. The summed E-state index contributed by atoms with van der Waals surface area (Å²) < 4.78 is 6.19. The first-order valence-electron chi connectivity index (χ1n) is 23.3. The van der Waals surface area contributed by atoms with Crippen LogP contribution in [0.1, 0.15) is 60.1 Å². The fourth-order valence-corrected chi connectivity index (χ4v) is 11.9. The average molecular weight is 846 g/mol. The Hall–Kier alpha value is -7.94. The van der Waals surface area contributed by atoms with Crippen LogP contribution >= 0.6 is 0 Å². The molecule has 66 heavy (non-hydrogen) atoms. The van der Waals surface area contributed by atoms with Gasteiger partial charge in [-0.05, 0) is 140 Å². The van der Waals surface area contributed by atoms with Gasteiger partial charge in [0, 0.05) is 33.2 Å². The number of rotatable bonds is 7. The molecule has 13 rings (SSSR count). The molecule has 0 bridgehead atoms. The minimum absolute atomic E-state index is 0.0549. The molecule has 3 aliphatic carbocycles. The second kappa shape index (κ2) is 14.8. The normalized spacial score (nSPS) is 15.1. The van der Waals surface area contributed by atoms with Crippen LogP contribution in [-0.2, 0) is 10.8 Å². The second-order valence-corrected chi connectivity index (χ2v) is 18.7. The van der Waals surface area contributed by atoms with Crippen molar-refractivity contribution in [1.29, 1.82) is 0 Å². The zero-order valence-corrected chi connectivity index (χ0v) is 37.1. The van der Waals surface area contributed by atoms with Crippen molar-refractivity contribution in [3.8, 4) is 33.4 Å². The molecule has 0 atom stereocenters. The van der Waals surface area contributed by atoms with Gasteiger partial charge in [-0.1, -0.05) is 189 Å². The number of anilines is 3. The number of allylic oxidation sites excluding steroid dienone is 4. The molecule has 2 nitrogen and oxygen atoms in total. The maximum atomic E-state index is 6.19. The van der Waals surface area contributed by atoms with Crippen LogP contribution in [0.3, 0.4) is 0 Å².